The first-order chi connectivity index (χ1) is 13.1. The average Bonchev–Trinajstić information content (AvgIpc) is 3.24. The molecule has 0 unspecified atom stereocenters. The molecule has 3 aromatic rings. The molecule has 2 N–H and O–H groups in total. The van der Waals surface area contributed by atoms with Crippen molar-refractivity contribution < 1.29 is 19.6 Å². The van der Waals surface area contributed by atoms with Gasteiger partial charge in [0, 0.05) is 12.8 Å². The molecule has 1 saturated heterocycles. The third kappa shape index (κ3) is 3.15. The summed E-state index contributed by atoms with van der Waals surface area (Å²) in [5, 5.41) is 11.0. The molecule has 1 aliphatic heterocycles. The smallest absolute Gasteiger partial charge is 0.278 e. The lowest BCUT2D eigenvalue weighted by atomic mass is 9.96. The van der Waals surface area contributed by atoms with Crippen LogP contribution < -0.4 is 5.56 Å². The fraction of sp³-hybridized carbons (Fsp3) is 0.389. The molecule has 142 valence electrons. The Balaban J connectivity index is 1.81. The summed E-state index contributed by atoms with van der Waals surface area (Å²) in [4.78, 5) is 32.7. The molecule has 3 heterocycles. The van der Waals surface area contributed by atoms with Crippen molar-refractivity contribution in [2.75, 3.05) is 13.7 Å². The van der Waals surface area contributed by atoms with Gasteiger partial charge in [-0.05, 0) is 5.56 Å². The van der Waals surface area contributed by atoms with Gasteiger partial charge in [0.15, 0.2) is 16.9 Å². The molecule has 1 aliphatic rings. The zero-order valence-electron chi connectivity index (χ0n) is 14.7. The number of nitrogens with one attached hydrogen (secondary N) is 1. The molecule has 4 rings (SSSR count). The SMILES string of the molecule is COOC[C@@H]1C[C@@H](O)[C@](Cc2ccccc2)(n2cnc3c(=O)[nH]cnc32)O1. The summed E-state index contributed by atoms with van der Waals surface area (Å²) in [6.45, 7) is 0.171. The summed E-state index contributed by atoms with van der Waals surface area (Å²) in [5.74, 6) is 0. The summed E-state index contributed by atoms with van der Waals surface area (Å²) >= 11 is 0. The van der Waals surface area contributed by atoms with Gasteiger partial charge in [-0.25, -0.2) is 19.7 Å². The van der Waals surface area contributed by atoms with E-state index in [1.54, 1.807) is 4.57 Å². The quantitative estimate of drug-likeness (QED) is 0.485. The molecule has 27 heavy (non-hydrogen) atoms. The molecule has 0 saturated carbocycles. The number of hydrogen-bond acceptors (Lipinski definition) is 7. The number of fused-ring (bicyclic) bond motifs is 1. The van der Waals surface area contributed by atoms with Crippen LogP contribution in [0.1, 0.15) is 12.0 Å². The van der Waals surface area contributed by atoms with Gasteiger partial charge in [-0.15, -0.1) is 0 Å². The average molecular weight is 372 g/mol. The van der Waals surface area contributed by atoms with Crippen LogP contribution in [0.2, 0.25) is 0 Å². The number of H-pyrrole nitrogens is 1. The highest BCUT2D eigenvalue weighted by Gasteiger charge is 2.50. The molecule has 0 aliphatic carbocycles. The Morgan fingerprint density at radius 2 is 2.19 bits per heavy atom. The van der Waals surface area contributed by atoms with E-state index < -0.39 is 11.8 Å². The number of rotatable bonds is 6. The lowest BCUT2D eigenvalue weighted by molar-refractivity contribution is -0.291. The largest absolute Gasteiger partial charge is 0.388 e. The van der Waals surface area contributed by atoms with Gasteiger partial charge in [-0.2, -0.15) is 0 Å². The van der Waals surface area contributed by atoms with E-state index in [0.29, 0.717) is 18.5 Å². The van der Waals surface area contributed by atoms with Crippen LogP contribution in [0.25, 0.3) is 11.2 Å². The van der Waals surface area contributed by atoms with Crippen molar-refractivity contribution >= 4 is 11.2 Å². The number of ether oxygens (including phenoxy) is 1. The molecular formula is C18H20N4O5. The zero-order valence-corrected chi connectivity index (χ0v) is 14.7. The molecule has 9 nitrogen and oxygen atoms in total. The van der Waals surface area contributed by atoms with Crippen LogP contribution in [0, 0.1) is 0 Å². The molecule has 0 bridgehead atoms. The molecule has 2 aromatic heterocycles. The van der Waals surface area contributed by atoms with E-state index >= 15 is 0 Å². The van der Waals surface area contributed by atoms with Crippen LogP contribution >= 0.6 is 0 Å². The number of nitrogens with zero attached hydrogens (tertiary/aromatic N) is 3. The zero-order chi connectivity index (χ0) is 18.9. The Bertz CT molecular complexity index is 973. The molecule has 0 amide bonds. The fourth-order valence-corrected chi connectivity index (χ4v) is 3.57. The minimum Gasteiger partial charge on any atom is -0.388 e. The van der Waals surface area contributed by atoms with Crippen molar-refractivity contribution in [3.05, 3.63) is 58.9 Å². The molecule has 0 spiro atoms. The number of aromatic nitrogens is 4. The highest BCUT2D eigenvalue weighted by molar-refractivity contribution is 5.69. The first kappa shape index (κ1) is 17.8. The fourth-order valence-electron chi connectivity index (χ4n) is 3.57. The van der Waals surface area contributed by atoms with Crippen LogP contribution in [-0.4, -0.2) is 50.6 Å². The monoisotopic (exact) mass is 372 g/mol. The minimum absolute atomic E-state index is 0.171. The normalized spacial score (nSPS) is 25.3. The minimum atomic E-state index is -1.17. The van der Waals surface area contributed by atoms with Crippen molar-refractivity contribution in [2.45, 2.75) is 30.8 Å². The van der Waals surface area contributed by atoms with Gasteiger partial charge in [-0.1, -0.05) is 30.3 Å². The third-order valence-corrected chi connectivity index (χ3v) is 4.80. The van der Waals surface area contributed by atoms with Crippen LogP contribution in [0.3, 0.4) is 0 Å². The number of hydrogen-bond donors (Lipinski definition) is 2. The predicted octanol–water partition coefficient (Wildman–Crippen LogP) is 0.743. The number of aromatic amines is 1. The standard InChI is InChI=1S/C18H20N4O5/c1-25-26-9-13-7-14(23)18(27-13,8-12-5-3-2-4-6-12)22-11-21-15-16(22)19-10-20-17(15)24/h2-6,10-11,13-14,23H,7-9H2,1H3,(H,19,20,24)/t13-,14+,18+/m0/s1. The van der Waals surface area contributed by atoms with Crippen LogP contribution in [0.4, 0.5) is 0 Å². The first-order valence-corrected chi connectivity index (χ1v) is 8.60. The van der Waals surface area contributed by atoms with E-state index in [1.165, 1.54) is 19.8 Å². The predicted molar refractivity (Wildman–Crippen MR) is 94.7 cm³/mol. The van der Waals surface area contributed by atoms with Gasteiger partial charge in [0.1, 0.15) is 12.7 Å². The number of aliphatic hydroxyl groups is 1. The topological polar surface area (TPSA) is 111 Å². The number of aliphatic hydroxyl groups excluding tert-OH is 1. The lowest BCUT2D eigenvalue weighted by Gasteiger charge is -2.34. The Morgan fingerprint density at radius 3 is 2.96 bits per heavy atom. The maximum atomic E-state index is 12.0. The van der Waals surface area contributed by atoms with Gasteiger partial charge in [0.2, 0.25) is 0 Å². The van der Waals surface area contributed by atoms with Gasteiger partial charge in [0.25, 0.3) is 5.56 Å². The van der Waals surface area contributed by atoms with Crippen molar-refractivity contribution in [2.24, 2.45) is 0 Å². The van der Waals surface area contributed by atoms with E-state index in [4.69, 9.17) is 9.62 Å². The van der Waals surface area contributed by atoms with Crippen LogP contribution in [-0.2, 0) is 26.7 Å². The van der Waals surface area contributed by atoms with Gasteiger partial charge >= 0.3 is 0 Å². The second kappa shape index (κ2) is 7.20. The maximum absolute atomic E-state index is 12.0. The van der Waals surface area contributed by atoms with Crippen molar-refractivity contribution in [3.63, 3.8) is 0 Å². The molecule has 3 atom stereocenters. The molecular weight excluding hydrogens is 352 g/mol. The molecule has 1 aromatic carbocycles. The van der Waals surface area contributed by atoms with Crippen molar-refractivity contribution in [1.82, 2.24) is 19.5 Å². The van der Waals surface area contributed by atoms with E-state index in [-0.39, 0.29) is 23.8 Å². The summed E-state index contributed by atoms with van der Waals surface area (Å²) < 4.78 is 7.92. The summed E-state index contributed by atoms with van der Waals surface area (Å²) in [5.41, 5.74) is -0.00477. The van der Waals surface area contributed by atoms with Crippen molar-refractivity contribution in [3.8, 4) is 0 Å². The maximum Gasteiger partial charge on any atom is 0.278 e. The second-order valence-corrected chi connectivity index (χ2v) is 6.47. The van der Waals surface area contributed by atoms with Gasteiger partial charge in [-0.3, -0.25) is 9.36 Å². The summed E-state index contributed by atoms with van der Waals surface area (Å²) in [6, 6.07) is 9.67. The Labute approximate surface area is 154 Å². The Morgan fingerprint density at radius 1 is 1.37 bits per heavy atom. The molecule has 9 heteroatoms. The second-order valence-electron chi connectivity index (χ2n) is 6.47. The molecule has 1 fully saturated rings. The van der Waals surface area contributed by atoms with Crippen molar-refractivity contribution in [1.29, 1.82) is 0 Å². The first-order valence-electron chi connectivity index (χ1n) is 8.60. The number of benzene rings is 1. The summed E-state index contributed by atoms with van der Waals surface area (Å²) in [7, 11) is 1.42. The van der Waals surface area contributed by atoms with Gasteiger partial charge in [0.05, 0.1) is 25.9 Å². The van der Waals surface area contributed by atoms with E-state index in [9.17, 15) is 9.90 Å². The van der Waals surface area contributed by atoms with E-state index in [0.717, 1.165) is 5.56 Å². The van der Waals surface area contributed by atoms with Crippen LogP contribution in [0.5, 0.6) is 0 Å². The lowest BCUT2D eigenvalue weighted by Crippen LogP contribution is -2.44. The number of imidazole rings is 1. The third-order valence-electron chi connectivity index (χ3n) is 4.80. The highest BCUT2D eigenvalue weighted by atomic mass is 17.2. The van der Waals surface area contributed by atoms with Gasteiger partial charge < -0.3 is 14.8 Å². The molecule has 0 radical (unpaired) electrons. The van der Waals surface area contributed by atoms with E-state index in [1.807, 2.05) is 30.3 Å². The van der Waals surface area contributed by atoms with Crippen LogP contribution in [0.15, 0.2) is 47.8 Å². The Hall–Kier alpha value is -2.59. The summed E-state index contributed by atoms with van der Waals surface area (Å²) in [6.07, 6.45) is 2.27. The van der Waals surface area contributed by atoms with E-state index in [2.05, 4.69) is 19.8 Å². The Kier molecular flexibility index (Phi) is 4.75. The highest BCUT2D eigenvalue weighted by Crippen LogP contribution is 2.39.